The highest BCUT2D eigenvalue weighted by Crippen LogP contribution is 2.33. The third-order valence-electron chi connectivity index (χ3n) is 3.56. The van der Waals surface area contributed by atoms with Crippen molar-refractivity contribution in [1.29, 1.82) is 0 Å². The smallest absolute Gasteiger partial charge is 0.254 e. The number of allylic oxidation sites excluding steroid dienone is 1. The Morgan fingerprint density at radius 1 is 1.30 bits per heavy atom. The van der Waals surface area contributed by atoms with Gasteiger partial charge in [-0.3, -0.25) is 4.79 Å². The Morgan fingerprint density at radius 2 is 2.00 bits per heavy atom. The average molecular weight is 275 g/mol. The zero-order valence-electron chi connectivity index (χ0n) is 12.1. The molecule has 0 bridgehead atoms. The van der Waals surface area contributed by atoms with Gasteiger partial charge in [-0.1, -0.05) is 6.08 Å². The highest BCUT2D eigenvalue weighted by atomic mass is 16.5. The van der Waals surface area contributed by atoms with E-state index in [0.29, 0.717) is 23.5 Å². The average Bonchev–Trinajstić information content (AvgIpc) is 3.00. The lowest BCUT2D eigenvalue weighted by molar-refractivity contribution is 0.0792. The lowest BCUT2D eigenvalue weighted by Crippen LogP contribution is -2.27. The second kappa shape index (κ2) is 6.46. The lowest BCUT2D eigenvalue weighted by Gasteiger charge is -2.18. The van der Waals surface area contributed by atoms with Crippen LogP contribution in [-0.4, -0.2) is 38.1 Å². The summed E-state index contributed by atoms with van der Waals surface area (Å²) in [6, 6.07) is 3.63. The van der Waals surface area contributed by atoms with Gasteiger partial charge in [0, 0.05) is 24.2 Å². The number of benzene rings is 1. The van der Waals surface area contributed by atoms with E-state index in [4.69, 9.17) is 9.47 Å². The zero-order chi connectivity index (χ0) is 14.5. The maximum absolute atomic E-state index is 12.5. The van der Waals surface area contributed by atoms with E-state index in [2.05, 4.69) is 6.58 Å². The summed E-state index contributed by atoms with van der Waals surface area (Å²) in [6.07, 6.45) is 4.60. The van der Waals surface area contributed by atoms with E-state index in [0.717, 1.165) is 31.5 Å². The van der Waals surface area contributed by atoms with Crippen molar-refractivity contribution in [2.45, 2.75) is 19.3 Å². The van der Waals surface area contributed by atoms with Crippen LogP contribution in [0.2, 0.25) is 0 Å². The van der Waals surface area contributed by atoms with Gasteiger partial charge in [0.05, 0.1) is 14.2 Å². The Hall–Kier alpha value is -1.97. The van der Waals surface area contributed by atoms with Crippen LogP contribution in [-0.2, 0) is 6.42 Å². The number of likely N-dealkylation sites (tertiary alicyclic amines) is 1. The molecule has 0 aliphatic carbocycles. The SMILES string of the molecule is C=CCc1cc(C(=O)N2CCCC2)cc(OC)c1OC. The van der Waals surface area contributed by atoms with Crippen molar-refractivity contribution in [1.82, 2.24) is 4.90 Å². The van der Waals surface area contributed by atoms with Crippen LogP contribution in [0.15, 0.2) is 24.8 Å². The molecule has 4 nitrogen and oxygen atoms in total. The van der Waals surface area contributed by atoms with Crippen LogP contribution >= 0.6 is 0 Å². The van der Waals surface area contributed by atoms with E-state index in [9.17, 15) is 4.79 Å². The molecule has 0 saturated carbocycles. The van der Waals surface area contributed by atoms with Gasteiger partial charge >= 0.3 is 0 Å². The molecule has 1 amide bonds. The summed E-state index contributed by atoms with van der Waals surface area (Å²) in [6.45, 7) is 5.42. The third-order valence-corrected chi connectivity index (χ3v) is 3.56. The first-order valence-electron chi connectivity index (χ1n) is 6.86. The topological polar surface area (TPSA) is 38.8 Å². The minimum Gasteiger partial charge on any atom is -0.493 e. The normalized spacial score (nSPS) is 14.2. The van der Waals surface area contributed by atoms with Gasteiger partial charge in [0.1, 0.15) is 0 Å². The molecule has 2 rings (SSSR count). The molecule has 1 aliphatic heterocycles. The number of carbonyl (C=O) groups is 1. The number of amides is 1. The quantitative estimate of drug-likeness (QED) is 0.775. The molecule has 1 saturated heterocycles. The van der Waals surface area contributed by atoms with Gasteiger partial charge in [-0.05, 0) is 31.4 Å². The van der Waals surface area contributed by atoms with Crippen molar-refractivity contribution in [3.63, 3.8) is 0 Å². The van der Waals surface area contributed by atoms with Crippen molar-refractivity contribution in [2.75, 3.05) is 27.3 Å². The summed E-state index contributed by atoms with van der Waals surface area (Å²) in [4.78, 5) is 14.4. The van der Waals surface area contributed by atoms with Crippen LogP contribution in [0.3, 0.4) is 0 Å². The van der Waals surface area contributed by atoms with E-state index in [1.165, 1.54) is 0 Å². The lowest BCUT2D eigenvalue weighted by atomic mass is 10.0. The van der Waals surface area contributed by atoms with Gasteiger partial charge in [-0.25, -0.2) is 0 Å². The van der Waals surface area contributed by atoms with Gasteiger partial charge in [0.2, 0.25) is 0 Å². The minimum absolute atomic E-state index is 0.0637. The number of rotatable bonds is 5. The molecule has 0 radical (unpaired) electrons. The predicted octanol–water partition coefficient (Wildman–Crippen LogP) is 2.67. The molecule has 0 unspecified atom stereocenters. The van der Waals surface area contributed by atoms with E-state index in [-0.39, 0.29) is 5.91 Å². The molecular weight excluding hydrogens is 254 g/mol. The number of hydrogen-bond donors (Lipinski definition) is 0. The highest BCUT2D eigenvalue weighted by Gasteiger charge is 2.22. The summed E-state index contributed by atoms with van der Waals surface area (Å²) in [5, 5.41) is 0. The van der Waals surface area contributed by atoms with Gasteiger partial charge in [0.15, 0.2) is 11.5 Å². The molecule has 1 fully saturated rings. The first-order chi connectivity index (χ1) is 9.71. The summed E-state index contributed by atoms with van der Waals surface area (Å²) in [5.41, 5.74) is 1.57. The van der Waals surface area contributed by atoms with Crippen molar-refractivity contribution in [2.24, 2.45) is 0 Å². The van der Waals surface area contributed by atoms with Crippen molar-refractivity contribution in [3.05, 3.63) is 35.9 Å². The molecule has 1 aliphatic rings. The van der Waals surface area contributed by atoms with Gasteiger partial charge in [-0.15, -0.1) is 6.58 Å². The van der Waals surface area contributed by atoms with Crippen LogP contribution < -0.4 is 9.47 Å². The molecular formula is C16H21NO3. The molecule has 0 N–H and O–H groups in total. The van der Waals surface area contributed by atoms with Crippen LogP contribution in [0.4, 0.5) is 0 Å². The maximum Gasteiger partial charge on any atom is 0.254 e. The summed E-state index contributed by atoms with van der Waals surface area (Å²) in [7, 11) is 3.19. The first-order valence-corrected chi connectivity index (χ1v) is 6.86. The van der Waals surface area contributed by atoms with Crippen molar-refractivity contribution in [3.8, 4) is 11.5 Å². The second-order valence-corrected chi connectivity index (χ2v) is 4.86. The molecule has 20 heavy (non-hydrogen) atoms. The largest absolute Gasteiger partial charge is 0.493 e. The van der Waals surface area contributed by atoms with Crippen LogP contribution in [0, 0.1) is 0 Å². The molecule has 0 spiro atoms. The van der Waals surface area contributed by atoms with Crippen LogP contribution in [0.1, 0.15) is 28.8 Å². The minimum atomic E-state index is 0.0637. The van der Waals surface area contributed by atoms with Gasteiger partial charge in [0.25, 0.3) is 5.91 Å². The third kappa shape index (κ3) is 2.79. The van der Waals surface area contributed by atoms with E-state index in [1.54, 1.807) is 26.4 Å². The fourth-order valence-corrected chi connectivity index (χ4v) is 2.58. The molecule has 1 heterocycles. The molecule has 4 heteroatoms. The fourth-order valence-electron chi connectivity index (χ4n) is 2.58. The van der Waals surface area contributed by atoms with Crippen LogP contribution in [0.5, 0.6) is 11.5 Å². The number of ether oxygens (including phenoxy) is 2. The summed E-state index contributed by atoms with van der Waals surface area (Å²) in [5.74, 6) is 1.33. The van der Waals surface area contributed by atoms with E-state index < -0.39 is 0 Å². The zero-order valence-corrected chi connectivity index (χ0v) is 12.1. The Labute approximate surface area is 120 Å². The molecule has 1 aromatic carbocycles. The number of nitrogens with zero attached hydrogens (tertiary/aromatic N) is 1. The summed E-state index contributed by atoms with van der Waals surface area (Å²) >= 11 is 0. The highest BCUT2D eigenvalue weighted by molar-refractivity contribution is 5.95. The number of carbonyl (C=O) groups excluding carboxylic acids is 1. The molecule has 1 aromatic rings. The first kappa shape index (κ1) is 14.4. The predicted molar refractivity (Wildman–Crippen MR) is 78.6 cm³/mol. The Morgan fingerprint density at radius 3 is 2.55 bits per heavy atom. The number of hydrogen-bond acceptors (Lipinski definition) is 3. The van der Waals surface area contributed by atoms with E-state index >= 15 is 0 Å². The summed E-state index contributed by atoms with van der Waals surface area (Å²) < 4.78 is 10.7. The second-order valence-electron chi connectivity index (χ2n) is 4.86. The van der Waals surface area contributed by atoms with Crippen molar-refractivity contribution >= 4 is 5.91 Å². The van der Waals surface area contributed by atoms with E-state index in [1.807, 2.05) is 11.0 Å². The molecule has 108 valence electrons. The maximum atomic E-state index is 12.5. The Bertz CT molecular complexity index is 505. The standard InChI is InChI=1S/C16H21NO3/c1-4-7-12-10-13(11-14(19-2)15(12)20-3)16(18)17-8-5-6-9-17/h4,10-11H,1,5-9H2,2-3H3. The van der Waals surface area contributed by atoms with Gasteiger partial charge < -0.3 is 14.4 Å². The van der Waals surface area contributed by atoms with Gasteiger partial charge in [-0.2, -0.15) is 0 Å². The van der Waals surface area contributed by atoms with Crippen molar-refractivity contribution < 1.29 is 14.3 Å². The van der Waals surface area contributed by atoms with Crippen LogP contribution in [0.25, 0.3) is 0 Å². The monoisotopic (exact) mass is 275 g/mol. The molecule has 0 atom stereocenters. The Kier molecular flexibility index (Phi) is 4.66. The number of methoxy groups -OCH3 is 2. The Balaban J connectivity index is 2.39. The molecule has 0 aromatic heterocycles. The fraction of sp³-hybridized carbons (Fsp3) is 0.438.